The van der Waals surface area contributed by atoms with Gasteiger partial charge in [0, 0.05) is 30.6 Å². The van der Waals surface area contributed by atoms with Gasteiger partial charge in [0.05, 0.1) is 23.8 Å². The molecule has 0 saturated heterocycles. The Kier molecular flexibility index (Phi) is 3.15. The van der Waals surface area contributed by atoms with Gasteiger partial charge in [0.25, 0.3) is 0 Å². The lowest BCUT2D eigenvalue weighted by Gasteiger charge is -2.07. The zero-order valence-electron chi connectivity index (χ0n) is 13.0. The highest BCUT2D eigenvalue weighted by Gasteiger charge is 2.13. The van der Waals surface area contributed by atoms with Crippen LogP contribution in [0.4, 0.5) is 10.8 Å². The van der Waals surface area contributed by atoms with Crippen LogP contribution in [0, 0.1) is 6.92 Å². The highest BCUT2D eigenvalue weighted by atomic mass is 32.1. The maximum Gasteiger partial charge on any atom is 0.180 e. The average Bonchev–Trinajstić information content (AvgIpc) is 3.19. The van der Waals surface area contributed by atoms with Gasteiger partial charge in [-0.3, -0.25) is 9.08 Å². The Hall–Kier alpha value is -2.68. The number of rotatable bonds is 3. The number of aromatic nitrogens is 6. The summed E-state index contributed by atoms with van der Waals surface area (Å²) < 4.78 is 8.10. The van der Waals surface area contributed by atoms with Gasteiger partial charge in [-0.25, -0.2) is 9.97 Å². The molecule has 0 unspecified atom stereocenters. The molecule has 114 valence electrons. The Morgan fingerprint density at radius 2 is 2.13 bits per heavy atom. The van der Waals surface area contributed by atoms with Crippen molar-refractivity contribution in [3.05, 3.63) is 36.5 Å². The fourth-order valence-electron chi connectivity index (χ4n) is 2.50. The molecule has 9 heteroatoms. The molecule has 0 aromatic carbocycles. The minimum Gasteiger partial charge on any atom is -0.328 e. The van der Waals surface area contributed by atoms with E-state index in [9.17, 15) is 0 Å². The lowest BCUT2D eigenvalue weighted by molar-refractivity contribution is 0.768. The van der Waals surface area contributed by atoms with Gasteiger partial charge in [-0.15, -0.1) is 0 Å². The molecule has 0 amide bonds. The Morgan fingerprint density at radius 1 is 1.26 bits per heavy atom. The highest BCUT2D eigenvalue weighted by Crippen LogP contribution is 2.26. The molecule has 0 aliphatic carbocycles. The van der Waals surface area contributed by atoms with Crippen molar-refractivity contribution in [1.29, 1.82) is 0 Å². The predicted molar refractivity (Wildman–Crippen MR) is 93.5 cm³/mol. The van der Waals surface area contributed by atoms with E-state index >= 15 is 0 Å². The topological polar surface area (TPSA) is 72.9 Å². The van der Waals surface area contributed by atoms with E-state index in [1.807, 2.05) is 57.1 Å². The molecule has 0 atom stereocenters. The summed E-state index contributed by atoms with van der Waals surface area (Å²) in [6.07, 6.45) is 7.63. The number of fused-ring (bicyclic) bond motifs is 1. The second-order valence-electron chi connectivity index (χ2n) is 5.43. The molecule has 0 bridgehead atoms. The van der Waals surface area contributed by atoms with Gasteiger partial charge >= 0.3 is 0 Å². The fraction of sp³-hybridized carbons (Fsp3) is 0.143. The Labute approximate surface area is 137 Å². The van der Waals surface area contributed by atoms with Gasteiger partial charge in [-0.2, -0.15) is 9.47 Å². The third-order valence-electron chi connectivity index (χ3n) is 3.48. The van der Waals surface area contributed by atoms with Crippen molar-refractivity contribution in [2.24, 2.45) is 7.05 Å². The van der Waals surface area contributed by atoms with Gasteiger partial charge in [0.2, 0.25) is 0 Å². The molecule has 0 saturated carbocycles. The third-order valence-corrected chi connectivity index (χ3v) is 4.28. The normalized spacial score (nSPS) is 11.2. The van der Waals surface area contributed by atoms with Crippen LogP contribution in [0.3, 0.4) is 0 Å². The van der Waals surface area contributed by atoms with Crippen molar-refractivity contribution >= 4 is 41.4 Å². The Morgan fingerprint density at radius 3 is 2.83 bits per heavy atom. The second-order valence-corrected chi connectivity index (χ2v) is 6.23. The first kappa shape index (κ1) is 14.0. The molecule has 4 heterocycles. The van der Waals surface area contributed by atoms with E-state index in [4.69, 9.17) is 0 Å². The molecule has 0 radical (unpaired) electrons. The molecule has 4 rings (SSSR count). The Bertz CT molecular complexity index is 1000. The van der Waals surface area contributed by atoms with Crippen LogP contribution in [-0.2, 0) is 7.05 Å². The molecule has 23 heavy (non-hydrogen) atoms. The summed E-state index contributed by atoms with van der Waals surface area (Å²) in [5.74, 6) is 0.726. The van der Waals surface area contributed by atoms with Crippen LogP contribution >= 0.6 is 11.5 Å². The monoisotopic (exact) mass is 323 g/mol. The smallest absolute Gasteiger partial charge is 0.180 e. The minimum absolute atomic E-state index is 0.726. The van der Waals surface area contributed by atoms with Crippen molar-refractivity contribution < 1.29 is 0 Å². The molecule has 4 aromatic rings. The summed E-state index contributed by atoms with van der Waals surface area (Å²) in [5, 5.41) is 8.50. The SMILES string of the molecule is Bc1cn2c(-c3cnn(C)c3)cnc2c(Nc2cc(C)ns2)n1. The molecule has 0 fully saturated rings. The molecule has 0 spiro atoms. The fourth-order valence-corrected chi connectivity index (χ4v) is 3.16. The summed E-state index contributed by atoms with van der Waals surface area (Å²) in [6, 6.07) is 2.00. The average molecular weight is 323 g/mol. The first-order valence-corrected chi connectivity index (χ1v) is 7.91. The maximum absolute atomic E-state index is 4.58. The number of nitrogens with one attached hydrogen (secondary N) is 1. The highest BCUT2D eigenvalue weighted by molar-refractivity contribution is 7.10. The second kappa shape index (κ2) is 5.20. The zero-order chi connectivity index (χ0) is 16.0. The van der Waals surface area contributed by atoms with Crippen LogP contribution in [0.5, 0.6) is 0 Å². The van der Waals surface area contributed by atoms with E-state index in [0.717, 1.165) is 39.0 Å². The number of nitrogens with zero attached hydrogens (tertiary/aromatic N) is 6. The van der Waals surface area contributed by atoms with Crippen molar-refractivity contribution in [3.63, 3.8) is 0 Å². The standard InChI is InChI=1S/C14H14BN7S/c1-8-3-12(23-20-8)19-13-14-16-5-10(9-4-17-21(2)6-9)22(14)7-11(15)18-13/h3-7H,15H2,1-2H3,(H,18,19). The van der Waals surface area contributed by atoms with Crippen LogP contribution in [0.25, 0.3) is 16.9 Å². The first-order valence-electron chi connectivity index (χ1n) is 7.14. The molecule has 0 aliphatic heterocycles. The summed E-state index contributed by atoms with van der Waals surface area (Å²) in [6.45, 7) is 1.97. The zero-order valence-corrected chi connectivity index (χ0v) is 13.8. The molecular weight excluding hydrogens is 309 g/mol. The van der Waals surface area contributed by atoms with Crippen molar-refractivity contribution in [3.8, 4) is 11.3 Å². The molecule has 1 N–H and O–H groups in total. The van der Waals surface area contributed by atoms with E-state index in [-0.39, 0.29) is 0 Å². The number of imidazole rings is 1. The van der Waals surface area contributed by atoms with Gasteiger partial charge in [0.1, 0.15) is 5.00 Å². The number of hydrogen-bond donors (Lipinski definition) is 1. The summed E-state index contributed by atoms with van der Waals surface area (Å²) in [5.41, 5.74) is 4.68. The van der Waals surface area contributed by atoms with E-state index in [1.165, 1.54) is 11.5 Å². The largest absolute Gasteiger partial charge is 0.328 e. The van der Waals surface area contributed by atoms with Crippen LogP contribution in [0.15, 0.2) is 30.9 Å². The van der Waals surface area contributed by atoms with Gasteiger partial charge < -0.3 is 5.32 Å². The van der Waals surface area contributed by atoms with Crippen molar-refractivity contribution in [2.45, 2.75) is 6.92 Å². The van der Waals surface area contributed by atoms with Crippen molar-refractivity contribution in [1.82, 2.24) is 28.5 Å². The van der Waals surface area contributed by atoms with E-state index in [2.05, 4.69) is 24.8 Å². The molecule has 4 aromatic heterocycles. The predicted octanol–water partition coefficient (Wildman–Crippen LogP) is 0.897. The number of hydrogen-bond acceptors (Lipinski definition) is 6. The molecular formula is C14H14BN7S. The Balaban J connectivity index is 1.84. The van der Waals surface area contributed by atoms with Crippen molar-refractivity contribution in [2.75, 3.05) is 5.32 Å². The quantitative estimate of drug-likeness (QED) is 0.567. The summed E-state index contributed by atoms with van der Waals surface area (Å²) in [4.78, 5) is 9.12. The molecule has 0 aliphatic rings. The van der Waals surface area contributed by atoms with E-state index in [0.29, 0.717) is 0 Å². The third kappa shape index (κ3) is 2.48. The minimum atomic E-state index is 0.726. The number of anilines is 2. The lowest BCUT2D eigenvalue weighted by atomic mass is 10.1. The van der Waals surface area contributed by atoms with Gasteiger partial charge in [-0.1, -0.05) is 0 Å². The van der Waals surface area contributed by atoms with E-state index < -0.39 is 0 Å². The van der Waals surface area contributed by atoms with Gasteiger partial charge in [-0.05, 0) is 24.5 Å². The first-order chi connectivity index (χ1) is 11.1. The van der Waals surface area contributed by atoms with Crippen LogP contribution in [0.1, 0.15) is 5.69 Å². The van der Waals surface area contributed by atoms with Crippen LogP contribution < -0.4 is 10.9 Å². The van der Waals surface area contributed by atoms with E-state index in [1.54, 1.807) is 4.68 Å². The van der Waals surface area contributed by atoms with Crippen LogP contribution in [-0.4, -0.2) is 36.4 Å². The number of aryl methyl sites for hydroxylation is 2. The van der Waals surface area contributed by atoms with Gasteiger partial charge in [0.15, 0.2) is 19.3 Å². The molecule has 7 nitrogen and oxygen atoms in total. The summed E-state index contributed by atoms with van der Waals surface area (Å²) in [7, 11) is 3.87. The van der Waals surface area contributed by atoms with Crippen LogP contribution in [0.2, 0.25) is 0 Å². The lowest BCUT2D eigenvalue weighted by Crippen LogP contribution is -2.13. The summed E-state index contributed by atoms with van der Waals surface area (Å²) >= 11 is 1.41. The maximum atomic E-state index is 4.58.